The Kier molecular flexibility index (Phi) is 23.7. The van der Waals surface area contributed by atoms with E-state index in [0.717, 1.165) is 0 Å². The Morgan fingerprint density at radius 2 is 1.24 bits per heavy atom. The summed E-state index contributed by atoms with van der Waals surface area (Å²) in [7, 11) is 0. The van der Waals surface area contributed by atoms with Crippen LogP contribution in [0, 0.1) is 0 Å². The number of carboxylic acids is 2. The largest absolute Gasteiger partial charge is 0.508 e. The molecule has 0 radical (unpaired) electrons. The van der Waals surface area contributed by atoms with Crippen molar-refractivity contribution < 1.29 is 67.9 Å². The van der Waals surface area contributed by atoms with Crippen LogP contribution in [0.3, 0.4) is 0 Å². The van der Waals surface area contributed by atoms with E-state index in [2.05, 4.69) is 27.8 Å². The minimum atomic E-state index is -1.45. The van der Waals surface area contributed by atoms with Crippen molar-refractivity contribution in [3.05, 3.63) is 29.8 Å². The lowest BCUT2D eigenvalue weighted by Gasteiger charge is -2.21. The maximum absolute atomic E-state index is 12.1. The standard InChI is InChI=1S/C18H26N4O7.C6H12N2O4S.C4H8N2O3/c1-9(15(22)18(27)29-16(25)12(19)6-7-14(21)24)28-17(26)13(20)8-10-2-4-11(23)5-3-10;7-3(5(9)10)1-12-6(11)4(8)2-13;5-2(4(8)9)1-3(6)7/h2-5,9,12-13,15,23H,6-8,19-20,22H2,1H3,(H2,21,24);3-4,13H,1-2,7-8H2,(H,9,10);2H,1,5H2,(H2,6,7)(H,8,9)/t9-,12+,13+,15+;3-,4-;2-/m100/s1. The first-order valence-electron chi connectivity index (χ1n) is 14.6. The molecule has 0 unspecified atom stereocenters. The van der Waals surface area contributed by atoms with Crippen molar-refractivity contribution in [2.75, 3.05) is 12.4 Å². The molecular formula is C28H46N8O14S. The van der Waals surface area contributed by atoms with Crippen molar-refractivity contribution in [3.63, 3.8) is 0 Å². The number of amides is 2. The van der Waals surface area contributed by atoms with E-state index in [0.29, 0.717) is 5.56 Å². The Morgan fingerprint density at radius 3 is 1.67 bits per heavy atom. The Hall–Kier alpha value is -4.91. The molecule has 0 saturated heterocycles. The fourth-order valence-corrected chi connectivity index (χ4v) is 3.04. The third-order valence-corrected chi connectivity index (χ3v) is 6.33. The van der Waals surface area contributed by atoms with Crippen LogP contribution < -0.4 is 45.9 Å². The molecule has 0 aliphatic carbocycles. The van der Waals surface area contributed by atoms with E-state index in [-0.39, 0.29) is 43.8 Å². The van der Waals surface area contributed by atoms with Crippen molar-refractivity contribution in [3.8, 4) is 5.75 Å². The zero-order valence-electron chi connectivity index (χ0n) is 27.5. The lowest BCUT2D eigenvalue weighted by atomic mass is 10.1. The Bertz CT molecular complexity index is 1340. The summed E-state index contributed by atoms with van der Waals surface area (Å²) in [6.45, 7) is 0.963. The SMILES string of the molecule is C[C@@H](OC(=O)[C@@H](N)Cc1ccc(O)cc1)[C@H](N)C(=O)OC(=O)[C@@H](N)CCC(N)=O.NC(=O)C[C@H](N)C(=O)O.N[C@@H](COC(=O)[C@@H](N)CS)C(=O)O. The molecule has 0 saturated carbocycles. The van der Waals surface area contributed by atoms with Gasteiger partial charge in [0.1, 0.15) is 54.7 Å². The number of benzene rings is 1. The van der Waals surface area contributed by atoms with E-state index in [1.54, 1.807) is 12.1 Å². The van der Waals surface area contributed by atoms with Crippen LogP contribution in [0.15, 0.2) is 24.3 Å². The second-order valence-corrected chi connectivity index (χ2v) is 10.8. The zero-order valence-corrected chi connectivity index (χ0v) is 28.4. The van der Waals surface area contributed by atoms with Crippen LogP contribution >= 0.6 is 12.6 Å². The monoisotopic (exact) mass is 750 g/mol. The molecule has 0 aromatic heterocycles. The maximum Gasteiger partial charge on any atom is 0.334 e. The van der Waals surface area contributed by atoms with Gasteiger partial charge in [-0.3, -0.25) is 28.8 Å². The predicted molar refractivity (Wildman–Crippen MR) is 179 cm³/mol. The first kappa shape index (κ1) is 48.2. The molecule has 0 heterocycles. The van der Waals surface area contributed by atoms with Gasteiger partial charge < -0.3 is 75.4 Å². The van der Waals surface area contributed by atoms with Crippen molar-refractivity contribution in [2.45, 2.75) is 75.0 Å². The number of nitrogens with two attached hydrogens (primary N) is 8. The normalized spacial score (nSPS) is 14.4. The Morgan fingerprint density at radius 1 is 0.706 bits per heavy atom. The van der Waals surface area contributed by atoms with Gasteiger partial charge in [0, 0.05) is 12.2 Å². The predicted octanol–water partition coefficient (Wildman–Crippen LogP) is -5.34. The topological polar surface area (TPSA) is 433 Å². The van der Waals surface area contributed by atoms with Crippen LogP contribution in [0.2, 0.25) is 0 Å². The number of phenolic OH excluding ortho intramolecular Hbond substituents is 1. The number of rotatable bonds is 18. The summed E-state index contributed by atoms with van der Waals surface area (Å²) in [6.07, 6.45) is -1.54. The van der Waals surface area contributed by atoms with Crippen molar-refractivity contribution in [2.24, 2.45) is 45.9 Å². The zero-order chi connectivity index (χ0) is 40.0. The summed E-state index contributed by atoms with van der Waals surface area (Å²) in [5.74, 6) is -7.31. The summed E-state index contributed by atoms with van der Waals surface area (Å²) < 4.78 is 14.1. The number of carboxylic acid groups (broad SMARTS) is 2. The molecule has 0 bridgehead atoms. The van der Waals surface area contributed by atoms with Gasteiger partial charge >= 0.3 is 35.8 Å². The van der Waals surface area contributed by atoms with Crippen LogP contribution in [-0.2, 0) is 59.0 Å². The Labute approximate surface area is 296 Å². The molecule has 19 N–H and O–H groups in total. The highest BCUT2D eigenvalue weighted by atomic mass is 32.1. The average Bonchev–Trinajstić information content (AvgIpc) is 3.05. The second kappa shape index (κ2) is 25.1. The minimum Gasteiger partial charge on any atom is -0.508 e. The van der Waals surface area contributed by atoms with Gasteiger partial charge in [0.2, 0.25) is 11.8 Å². The third-order valence-electron chi connectivity index (χ3n) is 5.94. The van der Waals surface area contributed by atoms with Gasteiger partial charge in [-0.1, -0.05) is 12.1 Å². The Balaban J connectivity index is 0. The average molecular weight is 751 g/mol. The number of primary amides is 2. The number of thiol groups is 1. The number of aliphatic carboxylic acids is 2. The van der Waals surface area contributed by atoms with E-state index in [1.807, 2.05) is 0 Å². The van der Waals surface area contributed by atoms with Gasteiger partial charge in [-0.2, -0.15) is 12.6 Å². The van der Waals surface area contributed by atoms with Crippen LogP contribution in [-0.4, -0.2) is 118 Å². The van der Waals surface area contributed by atoms with Crippen LogP contribution in [0.25, 0.3) is 0 Å². The van der Waals surface area contributed by atoms with Gasteiger partial charge in [-0.25, -0.2) is 9.59 Å². The first-order chi connectivity index (χ1) is 23.5. The van der Waals surface area contributed by atoms with Gasteiger partial charge in [-0.05, 0) is 37.5 Å². The van der Waals surface area contributed by atoms with E-state index >= 15 is 0 Å². The summed E-state index contributed by atoms with van der Waals surface area (Å²) in [6, 6.07) is -0.830. The summed E-state index contributed by atoms with van der Waals surface area (Å²) in [4.78, 5) is 87.4. The molecule has 2 amide bonds. The quantitative estimate of drug-likeness (QED) is 0.0288. The molecule has 0 fully saturated rings. The molecule has 0 aliphatic heterocycles. The molecule has 288 valence electrons. The molecule has 23 heteroatoms. The van der Waals surface area contributed by atoms with Gasteiger partial charge in [0.25, 0.3) is 0 Å². The number of aromatic hydroxyl groups is 1. The van der Waals surface area contributed by atoms with E-state index in [4.69, 9.17) is 55.1 Å². The highest BCUT2D eigenvalue weighted by Gasteiger charge is 2.30. The first-order valence-corrected chi connectivity index (χ1v) is 15.2. The van der Waals surface area contributed by atoms with Gasteiger partial charge in [0.05, 0.1) is 6.42 Å². The number of hydrogen-bond acceptors (Lipinski definition) is 19. The van der Waals surface area contributed by atoms with Gasteiger partial charge in [-0.15, -0.1) is 0 Å². The minimum absolute atomic E-state index is 0.0758. The molecule has 1 aromatic carbocycles. The summed E-state index contributed by atoms with van der Waals surface area (Å²) in [5, 5.41) is 25.7. The molecule has 1 aromatic rings. The van der Waals surface area contributed by atoms with Crippen molar-refractivity contribution in [1.29, 1.82) is 0 Å². The van der Waals surface area contributed by atoms with Crippen LogP contribution in [0.5, 0.6) is 5.75 Å². The fraction of sp³-hybridized carbons (Fsp3) is 0.500. The lowest BCUT2D eigenvalue weighted by molar-refractivity contribution is -0.165. The number of hydrogen-bond donors (Lipinski definition) is 12. The maximum atomic E-state index is 12.1. The molecular weight excluding hydrogens is 704 g/mol. The van der Waals surface area contributed by atoms with E-state index < -0.39 is 90.0 Å². The summed E-state index contributed by atoms with van der Waals surface area (Å²) >= 11 is 3.77. The number of carbonyl (C=O) groups is 8. The molecule has 0 spiro atoms. The smallest absolute Gasteiger partial charge is 0.334 e. The van der Waals surface area contributed by atoms with Crippen molar-refractivity contribution >= 4 is 60.3 Å². The number of ether oxygens (including phenoxy) is 3. The van der Waals surface area contributed by atoms with Crippen LogP contribution in [0.1, 0.15) is 31.7 Å². The highest BCUT2D eigenvalue weighted by molar-refractivity contribution is 7.80. The van der Waals surface area contributed by atoms with Crippen LogP contribution in [0.4, 0.5) is 0 Å². The number of esters is 4. The molecule has 22 nitrogen and oxygen atoms in total. The van der Waals surface area contributed by atoms with Crippen molar-refractivity contribution in [1.82, 2.24) is 0 Å². The summed E-state index contributed by atoms with van der Waals surface area (Å²) in [5.41, 5.74) is 42.5. The second-order valence-electron chi connectivity index (χ2n) is 10.5. The fourth-order valence-electron chi connectivity index (χ4n) is 2.89. The van der Waals surface area contributed by atoms with E-state index in [1.165, 1.54) is 19.1 Å². The molecule has 7 atom stereocenters. The molecule has 1 rings (SSSR count). The number of carbonyl (C=O) groups excluding carboxylic acids is 6. The highest BCUT2D eigenvalue weighted by Crippen LogP contribution is 2.12. The molecule has 51 heavy (non-hydrogen) atoms. The molecule has 0 aliphatic rings. The van der Waals surface area contributed by atoms with Gasteiger partial charge in [0.15, 0.2) is 0 Å². The number of phenols is 1. The van der Waals surface area contributed by atoms with E-state index in [9.17, 15) is 43.5 Å². The third kappa shape index (κ3) is 22.4. The lowest BCUT2D eigenvalue weighted by Crippen LogP contribution is -2.48.